The number of nitro groups is 3. The Kier molecular flexibility index (Phi) is 6.26. The van der Waals surface area contributed by atoms with Crippen LogP contribution >= 0.6 is 0 Å². The molecular formula is C16H17N3O6. The Labute approximate surface area is 143 Å². The van der Waals surface area contributed by atoms with Crippen LogP contribution in [-0.4, -0.2) is 14.8 Å². The maximum atomic E-state index is 10.6. The molecule has 0 unspecified atom stereocenters. The standard InChI is InChI=1S/C8H8N2O4.C8H9NO2/c1-5-3-4-7(9(11)12)6(2)8(5)10(13)14;1-6-4-3-5-7(2)8(6)9(10)11/h3-4H,1-2H3;3-5H,1-2H3. The number of rotatable bonds is 3. The fourth-order valence-corrected chi connectivity index (χ4v) is 2.40. The van der Waals surface area contributed by atoms with Crippen molar-refractivity contribution in [1.82, 2.24) is 0 Å². The third-order valence-electron chi connectivity index (χ3n) is 3.61. The van der Waals surface area contributed by atoms with Gasteiger partial charge in [-0.05, 0) is 33.8 Å². The summed E-state index contributed by atoms with van der Waals surface area (Å²) >= 11 is 0. The molecule has 0 aliphatic rings. The van der Waals surface area contributed by atoms with Crippen LogP contribution in [0.15, 0.2) is 30.3 Å². The van der Waals surface area contributed by atoms with Crippen molar-refractivity contribution in [1.29, 1.82) is 0 Å². The smallest absolute Gasteiger partial charge is 0.258 e. The van der Waals surface area contributed by atoms with Crippen molar-refractivity contribution in [3.63, 3.8) is 0 Å². The van der Waals surface area contributed by atoms with Crippen LogP contribution in [0.5, 0.6) is 0 Å². The minimum absolute atomic E-state index is 0.0972. The van der Waals surface area contributed by atoms with Gasteiger partial charge in [-0.15, -0.1) is 0 Å². The molecular weight excluding hydrogens is 330 g/mol. The minimum atomic E-state index is -0.623. The Balaban J connectivity index is 0.000000257. The van der Waals surface area contributed by atoms with Crippen molar-refractivity contribution in [2.45, 2.75) is 27.7 Å². The van der Waals surface area contributed by atoms with Crippen molar-refractivity contribution in [2.24, 2.45) is 0 Å². The molecule has 0 fully saturated rings. The number of nitro benzene ring substituents is 3. The molecule has 0 N–H and O–H groups in total. The van der Waals surface area contributed by atoms with Gasteiger partial charge in [0.2, 0.25) is 0 Å². The van der Waals surface area contributed by atoms with E-state index >= 15 is 0 Å². The predicted octanol–water partition coefficient (Wildman–Crippen LogP) is 4.33. The first-order chi connectivity index (χ1) is 11.6. The average Bonchev–Trinajstić information content (AvgIpc) is 2.46. The van der Waals surface area contributed by atoms with Gasteiger partial charge < -0.3 is 0 Å². The molecule has 2 rings (SSSR count). The van der Waals surface area contributed by atoms with Gasteiger partial charge in [-0.1, -0.05) is 18.2 Å². The highest BCUT2D eigenvalue weighted by atomic mass is 16.6. The molecule has 0 radical (unpaired) electrons. The maximum absolute atomic E-state index is 10.6. The quantitative estimate of drug-likeness (QED) is 0.600. The van der Waals surface area contributed by atoms with Gasteiger partial charge >= 0.3 is 0 Å². The van der Waals surface area contributed by atoms with Crippen LogP contribution in [0.3, 0.4) is 0 Å². The summed E-state index contributed by atoms with van der Waals surface area (Å²) in [7, 11) is 0. The van der Waals surface area contributed by atoms with Crippen molar-refractivity contribution in [2.75, 3.05) is 0 Å². The van der Waals surface area contributed by atoms with Crippen molar-refractivity contribution in [3.05, 3.63) is 82.9 Å². The lowest BCUT2D eigenvalue weighted by molar-refractivity contribution is -0.395. The molecule has 9 heteroatoms. The average molecular weight is 347 g/mol. The molecule has 25 heavy (non-hydrogen) atoms. The Morgan fingerprint density at radius 1 is 0.640 bits per heavy atom. The molecule has 0 heterocycles. The first-order valence-electron chi connectivity index (χ1n) is 7.17. The topological polar surface area (TPSA) is 129 Å². The number of hydrogen-bond donors (Lipinski definition) is 0. The van der Waals surface area contributed by atoms with E-state index in [4.69, 9.17) is 0 Å². The van der Waals surface area contributed by atoms with Gasteiger partial charge in [-0.2, -0.15) is 0 Å². The van der Waals surface area contributed by atoms with Crippen LogP contribution < -0.4 is 0 Å². The predicted molar refractivity (Wildman–Crippen MR) is 91.8 cm³/mol. The molecule has 132 valence electrons. The fraction of sp³-hybridized carbons (Fsp3) is 0.250. The SMILES string of the molecule is Cc1ccc([N+](=O)[O-])c(C)c1[N+](=O)[O-].Cc1cccc(C)c1[N+](=O)[O-]. The molecule has 9 nitrogen and oxygen atoms in total. The minimum Gasteiger partial charge on any atom is -0.258 e. The summed E-state index contributed by atoms with van der Waals surface area (Å²) in [4.78, 5) is 30.0. The number of para-hydroxylation sites is 1. The van der Waals surface area contributed by atoms with Crippen LogP contribution in [0, 0.1) is 58.0 Å². The molecule has 2 aromatic rings. The summed E-state index contributed by atoms with van der Waals surface area (Å²) < 4.78 is 0. The van der Waals surface area contributed by atoms with Gasteiger partial charge in [0.15, 0.2) is 0 Å². The second kappa shape index (κ2) is 7.95. The van der Waals surface area contributed by atoms with Gasteiger partial charge in [0.1, 0.15) is 5.56 Å². The summed E-state index contributed by atoms with van der Waals surface area (Å²) in [5.41, 5.74) is 1.79. The Bertz CT molecular complexity index is 828. The second-order valence-corrected chi connectivity index (χ2v) is 5.39. The van der Waals surface area contributed by atoms with Crippen LogP contribution in [0.2, 0.25) is 0 Å². The zero-order valence-corrected chi connectivity index (χ0v) is 14.2. The molecule has 0 aromatic heterocycles. The summed E-state index contributed by atoms with van der Waals surface area (Å²) in [5, 5.41) is 31.5. The third-order valence-corrected chi connectivity index (χ3v) is 3.61. The van der Waals surface area contributed by atoms with E-state index in [1.54, 1.807) is 32.9 Å². The molecule has 0 aliphatic heterocycles. The van der Waals surface area contributed by atoms with Crippen molar-refractivity contribution in [3.8, 4) is 0 Å². The van der Waals surface area contributed by atoms with E-state index in [0.717, 1.165) is 11.1 Å². The third kappa shape index (κ3) is 4.56. The number of nitrogens with zero attached hydrogens (tertiary/aromatic N) is 3. The molecule has 0 aliphatic carbocycles. The molecule has 0 saturated carbocycles. The Morgan fingerprint density at radius 2 is 1.08 bits per heavy atom. The highest BCUT2D eigenvalue weighted by Crippen LogP contribution is 2.30. The fourth-order valence-electron chi connectivity index (χ4n) is 2.40. The Hall–Kier alpha value is -3.36. The van der Waals surface area contributed by atoms with Crippen LogP contribution in [-0.2, 0) is 0 Å². The van der Waals surface area contributed by atoms with E-state index in [1.807, 2.05) is 6.07 Å². The lowest BCUT2D eigenvalue weighted by atomic mass is 10.1. The highest BCUT2D eigenvalue weighted by Gasteiger charge is 2.23. The highest BCUT2D eigenvalue weighted by molar-refractivity contribution is 5.56. The second-order valence-electron chi connectivity index (χ2n) is 5.39. The van der Waals surface area contributed by atoms with E-state index in [9.17, 15) is 30.3 Å². The van der Waals surface area contributed by atoms with Crippen molar-refractivity contribution >= 4 is 17.1 Å². The van der Waals surface area contributed by atoms with E-state index in [0.29, 0.717) is 5.56 Å². The van der Waals surface area contributed by atoms with Crippen LogP contribution in [0.1, 0.15) is 22.3 Å². The summed E-state index contributed by atoms with van der Waals surface area (Å²) in [6.45, 7) is 6.41. The van der Waals surface area contributed by atoms with Gasteiger partial charge in [0.25, 0.3) is 17.1 Å². The van der Waals surface area contributed by atoms with Gasteiger partial charge in [-0.3, -0.25) is 30.3 Å². The summed E-state index contributed by atoms with van der Waals surface area (Å²) in [6, 6.07) is 7.95. The first kappa shape index (κ1) is 19.7. The molecule has 0 spiro atoms. The molecule has 0 saturated heterocycles. The van der Waals surface area contributed by atoms with E-state index in [-0.39, 0.29) is 27.5 Å². The zero-order chi connectivity index (χ0) is 19.3. The van der Waals surface area contributed by atoms with Crippen molar-refractivity contribution < 1.29 is 14.8 Å². The number of aryl methyl sites for hydroxylation is 3. The normalized spacial score (nSPS) is 9.76. The van der Waals surface area contributed by atoms with E-state index < -0.39 is 9.85 Å². The zero-order valence-electron chi connectivity index (χ0n) is 14.2. The monoisotopic (exact) mass is 347 g/mol. The molecule has 0 amide bonds. The maximum Gasteiger partial charge on any atom is 0.282 e. The van der Waals surface area contributed by atoms with E-state index in [2.05, 4.69) is 0 Å². The lowest BCUT2D eigenvalue weighted by Crippen LogP contribution is -1.99. The van der Waals surface area contributed by atoms with Gasteiger partial charge in [0.05, 0.1) is 14.8 Å². The molecule has 0 bridgehead atoms. The van der Waals surface area contributed by atoms with Gasteiger partial charge in [0, 0.05) is 22.8 Å². The lowest BCUT2D eigenvalue weighted by Gasteiger charge is -2.01. The van der Waals surface area contributed by atoms with Crippen LogP contribution in [0.4, 0.5) is 17.1 Å². The van der Waals surface area contributed by atoms with Gasteiger partial charge in [-0.25, -0.2) is 0 Å². The largest absolute Gasteiger partial charge is 0.282 e. The molecule has 2 aromatic carbocycles. The first-order valence-corrected chi connectivity index (χ1v) is 7.17. The Morgan fingerprint density at radius 3 is 1.44 bits per heavy atom. The summed E-state index contributed by atoms with van der Waals surface area (Å²) in [6.07, 6.45) is 0. The number of benzene rings is 2. The van der Waals surface area contributed by atoms with E-state index in [1.165, 1.54) is 19.1 Å². The van der Waals surface area contributed by atoms with Crippen LogP contribution in [0.25, 0.3) is 0 Å². The number of hydrogen-bond acceptors (Lipinski definition) is 6. The molecule has 0 atom stereocenters. The summed E-state index contributed by atoms with van der Waals surface area (Å²) in [5.74, 6) is 0.